The van der Waals surface area contributed by atoms with E-state index in [4.69, 9.17) is 0 Å². The molecule has 0 aromatic heterocycles. The first-order chi connectivity index (χ1) is 6.70. The summed E-state index contributed by atoms with van der Waals surface area (Å²) in [5.74, 6) is -0.0336. The maximum Gasteiger partial charge on any atom is 0.266 e. The molecule has 0 saturated carbocycles. The Hall–Kier alpha value is -1.16. The fraction of sp³-hybridized carbons (Fsp3) is 0.200. The zero-order chi connectivity index (χ0) is 10.1. The van der Waals surface area contributed by atoms with Gasteiger partial charge in [0.2, 0.25) is 0 Å². The van der Waals surface area contributed by atoms with Crippen molar-refractivity contribution in [1.82, 2.24) is 0 Å². The van der Waals surface area contributed by atoms with Crippen LogP contribution in [0.1, 0.15) is 6.92 Å². The van der Waals surface area contributed by atoms with Crippen molar-refractivity contribution in [3.05, 3.63) is 30.3 Å². The highest BCUT2D eigenvalue weighted by atomic mass is 79.9. The zero-order valence-corrected chi connectivity index (χ0v) is 9.23. The summed E-state index contributed by atoms with van der Waals surface area (Å²) < 4.78 is 0. The molecule has 2 rings (SSSR count). The van der Waals surface area contributed by atoms with E-state index >= 15 is 0 Å². The van der Waals surface area contributed by atoms with Gasteiger partial charge in [0.05, 0.1) is 11.4 Å². The van der Waals surface area contributed by atoms with Crippen LogP contribution in [0.5, 0.6) is 0 Å². The van der Waals surface area contributed by atoms with Crippen LogP contribution in [0.4, 0.5) is 5.69 Å². The van der Waals surface area contributed by atoms with Crippen LogP contribution >= 0.6 is 15.9 Å². The van der Waals surface area contributed by atoms with Crippen molar-refractivity contribution < 1.29 is 4.79 Å². The van der Waals surface area contributed by atoms with Gasteiger partial charge in [-0.05, 0) is 19.1 Å². The Labute approximate surface area is 90.5 Å². The van der Waals surface area contributed by atoms with Gasteiger partial charge in [0.1, 0.15) is 4.83 Å². The third-order valence-corrected chi connectivity index (χ3v) is 3.11. The Bertz CT molecular complexity index is 388. The first-order valence-electron chi connectivity index (χ1n) is 4.28. The lowest BCUT2D eigenvalue weighted by Gasteiger charge is -2.11. The van der Waals surface area contributed by atoms with E-state index in [1.54, 1.807) is 0 Å². The molecule has 1 aliphatic rings. The van der Waals surface area contributed by atoms with E-state index < -0.39 is 0 Å². The zero-order valence-electron chi connectivity index (χ0n) is 7.64. The molecule has 0 unspecified atom stereocenters. The number of hydrogen-bond donors (Lipinski definition) is 0. The maximum absolute atomic E-state index is 11.7. The molecular weight excluding hydrogens is 244 g/mol. The van der Waals surface area contributed by atoms with Crippen LogP contribution in [0.2, 0.25) is 0 Å². The van der Waals surface area contributed by atoms with Gasteiger partial charge in [-0.1, -0.05) is 34.1 Å². The van der Waals surface area contributed by atoms with E-state index in [-0.39, 0.29) is 10.7 Å². The number of carbonyl (C=O) groups excluding carboxylic acids is 1. The number of anilines is 1. The van der Waals surface area contributed by atoms with Crippen molar-refractivity contribution in [3.8, 4) is 0 Å². The topological polar surface area (TPSA) is 32.7 Å². The summed E-state index contributed by atoms with van der Waals surface area (Å²) in [4.78, 5) is 11.4. The lowest BCUT2D eigenvalue weighted by atomic mass is 10.3. The molecule has 4 heteroatoms. The average molecular weight is 253 g/mol. The van der Waals surface area contributed by atoms with Crippen LogP contribution in [0.3, 0.4) is 0 Å². The molecule has 0 radical (unpaired) electrons. The largest absolute Gasteiger partial charge is 0.271 e. The molecule has 0 N–H and O–H groups in total. The molecule has 1 heterocycles. The van der Waals surface area contributed by atoms with Crippen LogP contribution < -0.4 is 5.01 Å². The first kappa shape index (κ1) is 9.40. The summed E-state index contributed by atoms with van der Waals surface area (Å²) in [6, 6.07) is 9.40. The van der Waals surface area contributed by atoms with Crippen LogP contribution in [0.25, 0.3) is 0 Å². The van der Waals surface area contributed by atoms with Gasteiger partial charge in [0.25, 0.3) is 5.91 Å². The molecule has 1 aliphatic heterocycles. The van der Waals surface area contributed by atoms with Gasteiger partial charge in [0, 0.05) is 0 Å². The van der Waals surface area contributed by atoms with Gasteiger partial charge in [-0.3, -0.25) is 4.79 Å². The van der Waals surface area contributed by atoms with Crippen LogP contribution in [0.15, 0.2) is 35.4 Å². The second kappa shape index (κ2) is 3.53. The predicted molar refractivity (Wildman–Crippen MR) is 59.8 cm³/mol. The van der Waals surface area contributed by atoms with Crippen LogP contribution in [-0.2, 0) is 4.79 Å². The normalized spacial score (nSPS) is 21.3. The highest BCUT2D eigenvalue weighted by Crippen LogP contribution is 2.23. The standard InChI is InChI=1S/C10H9BrN2O/c1-7-9(11)10(14)13(12-7)8-5-3-2-4-6-8/h2-6,9H,1H3/t9-/m0/s1. The van der Waals surface area contributed by atoms with Crippen molar-refractivity contribution >= 4 is 33.2 Å². The number of rotatable bonds is 1. The third kappa shape index (κ3) is 1.46. The molecular formula is C10H9BrN2O. The molecule has 1 aromatic carbocycles. The summed E-state index contributed by atoms with van der Waals surface area (Å²) in [5, 5.41) is 5.60. The summed E-state index contributed by atoms with van der Waals surface area (Å²) in [7, 11) is 0. The number of alkyl halides is 1. The van der Waals surface area contributed by atoms with E-state index in [0.717, 1.165) is 11.4 Å². The number of amides is 1. The molecule has 0 bridgehead atoms. The van der Waals surface area contributed by atoms with E-state index in [1.165, 1.54) is 5.01 Å². The Morgan fingerprint density at radius 1 is 1.36 bits per heavy atom. The molecule has 0 aliphatic carbocycles. The molecule has 0 spiro atoms. The molecule has 3 nitrogen and oxygen atoms in total. The Morgan fingerprint density at radius 2 is 2.00 bits per heavy atom. The smallest absolute Gasteiger partial charge is 0.266 e. The molecule has 1 atom stereocenters. The SMILES string of the molecule is CC1=NN(c2ccccc2)C(=O)[C@H]1Br. The van der Waals surface area contributed by atoms with Gasteiger partial charge < -0.3 is 0 Å². The fourth-order valence-corrected chi connectivity index (χ4v) is 1.58. The molecule has 14 heavy (non-hydrogen) atoms. The van der Waals surface area contributed by atoms with Crippen LogP contribution in [-0.4, -0.2) is 16.4 Å². The van der Waals surface area contributed by atoms with Gasteiger partial charge in [-0.15, -0.1) is 0 Å². The number of nitrogens with zero attached hydrogens (tertiary/aromatic N) is 2. The Kier molecular flexibility index (Phi) is 2.37. The number of hydrazone groups is 1. The molecule has 0 fully saturated rings. The lowest BCUT2D eigenvalue weighted by Crippen LogP contribution is -2.26. The molecule has 0 saturated heterocycles. The van der Waals surface area contributed by atoms with Gasteiger partial charge in [0.15, 0.2) is 0 Å². The number of hydrogen-bond acceptors (Lipinski definition) is 2. The van der Waals surface area contributed by atoms with Gasteiger partial charge >= 0.3 is 0 Å². The van der Waals surface area contributed by atoms with Crippen molar-refractivity contribution in [1.29, 1.82) is 0 Å². The predicted octanol–water partition coefficient (Wildman–Crippen LogP) is 2.17. The minimum absolute atomic E-state index is 0.0336. The van der Waals surface area contributed by atoms with Gasteiger partial charge in [-0.25, -0.2) is 0 Å². The number of benzene rings is 1. The number of carbonyl (C=O) groups is 1. The second-order valence-corrected chi connectivity index (χ2v) is 4.01. The average Bonchev–Trinajstić information content (AvgIpc) is 2.47. The molecule has 72 valence electrons. The highest BCUT2D eigenvalue weighted by molar-refractivity contribution is 9.10. The minimum atomic E-state index is -0.275. The number of halogens is 1. The van der Waals surface area contributed by atoms with Gasteiger partial charge in [-0.2, -0.15) is 10.1 Å². The van der Waals surface area contributed by atoms with E-state index in [9.17, 15) is 4.79 Å². The molecule has 1 amide bonds. The summed E-state index contributed by atoms with van der Waals surface area (Å²) in [6.45, 7) is 1.83. The van der Waals surface area contributed by atoms with E-state index in [0.29, 0.717) is 0 Å². The van der Waals surface area contributed by atoms with E-state index in [2.05, 4.69) is 21.0 Å². The Balaban J connectivity index is 2.35. The second-order valence-electron chi connectivity index (χ2n) is 3.09. The van der Waals surface area contributed by atoms with E-state index in [1.807, 2.05) is 37.3 Å². The minimum Gasteiger partial charge on any atom is -0.271 e. The van der Waals surface area contributed by atoms with Crippen molar-refractivity contribution in [2.24, 2.45) is 5.10 Å². The summed E-state index contributed by atoms with van der Waals surface area (Å²) in [6.07, 6.45) is 0. The maximum atomic E-state index is 11.7. The van der Waals surface area contributed by atoms with Crippen LogP contribution in [0, 0.1) is 0 Å². The van der Waals surface area contributed by atoms with Crippen molar-refractivity contribution in [2.75, 3.05) is 5.01 Å². The third-order valence-electron chi connectivity index (χ3n) is 2.05. The number of para-hydroxylation sites is 1. The first-order valence-corrected chi connectivity index (χ1v) is 5.20. The summed E-state index contributed by atoms with van der Waals surface area (Å²) in [5.41, 5.74) is 1.60. The summed E-state index contributed by atoms with van der Waals surface area (Å²) >= 11 is 3.28. The van der Waals surface area contributed by atoms with Crippen molar-refractivity contribution in [3.63, 3.8) is 0 Å². The Morgan fingerprint density at radius 3 is 2.50 bits per heavy atom. The quantitative estimate of drug-likeness (QED) is 0.706. The fourth-order valence-electron chi connectivity index (χ4n) is 1.30. The highest BCUT2D eigenvalue weighted by Gasteiger charge is 2.31. The lowest BCUT2D eigenvalue weighted by molar-refractivity contribution is -0.116. The van der Waals surface area contributed by atoms with Crippen molar-refractivity contribution in [2.45, 2.75) is 11.8 Å². The monoisotopic (exact) mass is 252 g/mol. The molecule has 1 aromatic rings.